The van der Waals surface area contributed by atoms with Crippen LogP contribution < -0.4 is 5.32 Å². The summed E-state index contributed by atoms with van der Waals surface area (Å²) in [5, 5.41) is 12.2. The monoisotopic (exact) mass is 179 g/mol. The maximum absolute atomic E-state index is 10.7. The maximum atomic E-state index is 10.7. The molecule has 0 bridgehead atoms. The minimum absolute atomic E-state index is 0.148. The molecule has 3 nitrogen and oxygen atoms in total. The van der Waals surface area contributed by atoms with Crippen molar-refractivity contribution in [3.63, 3.8) is 0 Å². The van der Waals surface area contributed by atoms with E-state index >= 15 is 0 Å². The van der Waals surface area contributed by atoms with E-state index in [1.165, 1.54) is 6.92 Å². The number of carbonyl (C=O) groups is 1. The highest BCUT2D eigenvalue weighted by Gasteiger charge is 2.06. The average Bonchev–Trinajstić information content (AvgIpc) is 2.06. The number of nitrogens with one attached hydrogen (secondary N) is 1. The van der Waals surface area contributed by atoms with Crippen molar-refractivity contribution in [2.24, 2.45) is 0 Å². The Morgan fingerprint density at radius 3 is 2.54 bits per heavy atom. The number of benzene rings is 1. The van der Waals surface area contributed by atoms with Gasteiger partial charge in [0.1, 0.15) is 5.75 Å². The summed E-state index contributed by atoms with van der Waals surface area (Å²) in [5.41, 5.74) is 2.27. The average molecular weight is 179 g/mol. The van der Waals surface area contributed by atoms with Crippen LogP contribution in [-0.4, -0.2) is 11.0 Å². The zero-order valence-electron chi connectivity index (χ0n) is 8.01. The standard InChI is InChI=1S/C10H13NO2/c1-6-4-5-9(11-8(3)12)10(13)7(6)2/h4-5,13H,1-3H3,(H,11,12). The van der Waals surface area contributed by atoms with Gasteiger partial charge in [-0.2, -0.15) is 0 Å². The molecule has 13 heavy (non-hydrogen) atoms. The number of phenolic OH excluding ortho intramolecular Hbond substituents is 1. The largest absolute Gasteiger partial charge is 0.505 e. The number of amides is 1. The summed E-state index contributed by atoms with van der Waals surface area (Å²) in [4.78, 5) is 10.7. The van der Waals surface area contributed by atoms with Crippen LogP contribution >= 0.6 is 0 Å². The molecule has 1 rings (SSSR count). The number of anilines is 1. The van der Waals surface area contributed by atoms with Gasteiger partial charge in [0, 0.05) is 6.92 Å². The van der Waals surface area contributed by atoms with Gasteiger partial charge in [-0.15, -0.1) is 0 Å². The molecule has 2 N–H and O–H groups in total. The van der Waals surface area contributed by atoms with E-state index in [1.807, 2.05) is 19.9 Å². The van der Waals surface area contributed by atoms with Crippen molar-refractivity contribution in [1.29, 1.82) is 0 Å². The van der Waals surface area contributed by atoms with Crippen LogP contribution in [0, 0.1) is 13.8 Å². The molecular weight excluding hydrogens is 166 g/mol. The predicted molar refractivity (Wildman–Crippen MR) is 51.9 cm³/mol. The SMILES string of the molecule is CC(=O)Nc1ccc(C)c(C)c1O. The van der Waals surface area contributed by atoms with Crippen LogP contribution in [0.2, 0.25) is 0 Å². The summed E-state index contributed by atoms with van der Waals surface area (Å²) >= 11 is 0. The zero-order valence-corrected chi connectivity index (χ0v) is 8.01. The van der Waals surface area contributed by atoms with Crippen molar-refractivity contribution in [1.82, 2.24) is 0 Å². The molecular formula is C10H13NO2. The van der Waals surface area contributed by atoms with E-state index in [-0.39, 0.29) is 11.7 Å². The Labute approximate surface area is 77.4 Å². The van der Waals surface area contributed by atoms with Gasteiger partial charge in [0.15, 0.2) is 0 Å². The fourth-order valence-corrected chi connectivity index (χ4v) is 1.09. The summed E-state index contributed by atoms with van der Waals surface area (Å²) in [5.74, 6) is -0.0336. The van der Waals surface area contributed by atoms with E-state index in [1.54, 1.807) is 6.07 Å². The lowest BCUT2D eigenvalue weighted by atomic mass is 10.1. The molecule has 0 aliphatic rings. The lowest BCUT2D eigenvalue weighted by molar-refractivity contribution is -0.114. The lowest BCUT2D eigenvalue weighted by Gasteiger charge is -2.09. The van der Waals surface area contributed by atoms with E-state index in [0.29, 0.717) is 5.69 Å². The van der Waals surface area contributed by atoms with Crippen molar-refractivity contribution in [3.8, 4) is 5.75 Å². The van der Waals surface area contributed by atoms with E-state index in [9.17, 15) is 9.90 Å². The van der Waals surface area contributed by atoms with Crippen molar-refractivity contribution >= 4 is 11.6 Å². The number of carbonyl (C=O) groups excluding carboxylic acids is 1. The van der Waals surface area contributed by atoms with Gasteiger partial charge in [0.2, 0.25) is 5.91 Å². The van der Waals surface area contributed by atoms with Crippen molar-refractivity contribution < 1.29 is 9.90 Å². The molecule has 0 aliphatic heterocycles. The molecule has 0 saturated carbocycles. The van der Waals surface area contributed by atoms with E-state index in [2.05, 4.69) is 5.32 Å². The van der Waals surface area contributed by atoms with Crippen molar-refractivity contribution in [3.05, 3.63) is 23.3 Å². The Bertz CT molecular complexity index is 345. The lowest BCUT2D eigenvalue weighted by Crippen LogP contribution is -2.06. The zero-order chi connectivity index (χ0) is 10.0. The Hall–Kier alpha value is -1.51. The molecule has 1 aromatic rings. The second-order valence-electron chi connectivity index (χ2n) is 3.08. The molecule has 3 heteroatoms. The molecule has 0 unspecified atom stereocenters. The summed E-state index contributed by atoms with van der Waals surface area (Å²) < 4.78 is 0. The van der Waals surface area contributed by atoms with Crippen LogP contribution in [0.5, 0.6) is 5.75 Å². The minimum Gasteiger partial charge on any atom is -0.505 e. The number of aryl methyl sites for hydroxylation is 1. The van der Waals surface area contributed by atoms with Gasteiger partial charge in [0.05, 0.1) is 5.69 Å². The molecule has 0 atom stereocenters. The van der Waals surface area contributed by atoms with Crippen LogP contribution in [0.25, 0.3) is 0 Å². The fraction of sp³-hybridized carbons (Fsp3) is 0.300. The third-order valence-electron chi connectivity index (χ3n) is 2.01. The molecule has 70 valence electrons. The van der Waals surface area contributed by atoms with Crippen LogP contribution in [0.3, 0.4) is 0 Å². The van der Waals surface area contributed by atoms with Gasteiger partial charge in [-0.1, -0.05) is 6.07 Å². The fourth-order valence-electron chi connectivity index (χ4n) is 1.09. The van der Waals surface area contributed by atoms with Gasteiger partial charge >= 0.3 is 0 Å². The summed E-state index contributed by atoms with van der Waals surface area (Å²) in [6.07, 6.45) is 0. The molecule has 0 fully saturated rings. The normalized spacial score (nSPS) is 9.77. The van der Waals surface area contributed by atoms with E-state index in [0.717, 1.165) is 11.1 Å². The maximum Gasteiger partial charge on any atom is 0.221 e. The van der Waals surface area contributed by atoms with Gasteiger partial charge in [0.25, 0.3) is 0 Å². The molecule has 0 saturated heterocycles. The number of rotatable bonds is 1. The first-order valence-corrected chi connectivity index (χ1v) is 4.09. The minimum atomic E-state index is -0.182. The van der Waals surface area contributed by atoms with Crippen molar-refractivity contribution in [2.75, 3.05) is 5.32 Å². The topological polar surface area (TPSA) is 49.3 Å². The Balaban J connectivity index is 3.10. The Kier molecular flexibility index (Phi) is 2.56. The number of aromatic hydroxyl groups is 1. The predicted octanol–water partition coefficient (Wildman–Crippen LogP) is 1.97. The van der Waals surface area contributed by atoms with Gasteiger partial charge in [-0.25, -0.2) is 0 Å². The number of hydrogen-bond donors (Lipinski definition) is 2. The van der Waals surface area contributed by atoms with Gasteiger partial charge < -0.3 is 10.4 Å². The molecule has 0 aromatic heterocycles. The molecule has 0 aliphatic carbocycles. The first-order valence-electron chi connectivity index (χ1n) is 4.09. The molecule has 0 radical (unpaired) electrons. The summed E-state index contributed by atoms with van der Waals surface area (Å²) in [7, 11) is 0. The van der Waals surface area contributed by atoms with Crippen LogP contribution in [0.1, 0.15) is 18.1 Å². The summed E-state index contributed by atoms with van der Waals surface area (Å²) in [6.45, 7) is 5.14. The van der Waals surface area contributed by atoms with Crippen LogP contribution in [0.4, 0.5) is 5.69 Å². The summed E-state index contributed by atoms with van der Waals surface area (Å²) in [6, 6.07) is 3.55. The second kappa shape index (κ2) is 3.47. The number of phenols is 1. The highest BCUT2D eigenvalue weighted by atomic mass is 16.3. The first-order chi connectivity index (χ1) is 6.02. The van der Waals surface area contributed by atoms with E-state index in [4.69, 9.17) is 0 Å². The van der Waals surface area contributed by atoms with Gasteiger partial charge in [-0.05, 0) is 31.0 Å². The van der Waals surface area contributed by atoms with Crippen LogP contribution in [-0.2, 0) is 4.79 Å². The third kappa shape index (κ3) is 1.99. The number of hydrogen-bond acceptors (Lipinski definition) is 2. The Morgan fingerprint density at radius 1 is 1.38 bits per heavy atom. The van der Waals surface area contributed by atoms with E-state index < -0.39 is 0 Å². The Morgan fingerprint density at radius 2 is 2.00 bits per heavy atom. The third-order valence-corrected chi connectivity index (χ3v) is 2.01. The highest BCUT2D eigenvalue weighted by Crippen LogP contribution is 2.29. The van der Waals surface area contributed by atoms with Gasteiger partial charge in [-0.3, -0.25) is 4.79 Å². The van der Waals surface area contributed by atoms with Crippen molar-refractivity contribution in [2.45, 2.75) is 20.8 Å². The molecule has 0 heterocycles. The van der Waals surface area contributed by atoms with Crippen LogP contribution in [0.15, 0.2) is 12.1 Å². The smallest absolute Gasteiger partial charge is 0.221 e. The quantitative estimate of drug-likeness (QED) is 0.647. The first kappa shape index (κ1) is 9.58. The highest BCUT2D eigenvalue weighted by molar-refractivity contribution is 5.90. The molecule has 1 aromatic carbocycles. The molecule has 0 spiro atoms. The molecule has 1 amide bonds. The second-order valence-corrected chi connectivity index (χ2v) is 3.08.